The first kappa shape index (κ1) is 7.73. The van der Waals surface area contributed by atoms with Crippen LogP contribution in [0, 0.1) is 13.0 Å². The molecule has 0 saturated carbocycles. The SMILES string of the molecule is Cc1[c-]cccn1.[V]. The molecular formula is C6H6NV-. The van der Waals surface area contributed by atoms with Gasteiger partial charge in [-0.15, -0.1) is 0 Å². The zero-order valence-electron chi connectivity index (χ0n) is 4.63. The molecule has 0 aliphatic carbocycles. The van der Waals surface area contributed by atoms with Crippen molar-refractivity contribution in [1.82, 2.24) is 4.98 Å². The fraction of sp³-hybridized carbons (Fsp3) is 0.167. The second-order valence-corrected chi connectivity index (χ2v) is 1.37. The number of pyridine rings is 1. The van der Waals surface area contributed by atoms with E-state index in [9.17, 15) is 0 Å². The average molecular weight is 143 g/mol. The Morgan fingerprint density at radius 3 is 2.62 bits per heavy atom. The fourth-order valence-electron chi connectivity index (χ4n) is 0.404. The van der Waals surface area contributed by atoms with E-state index in [1.807, 2.05) is 19.1 Å². The molecular weight excluding hydrogens is 137 g/mol. The van der Waals surface area contributed by atoms with Crippen LogP contribution in [0.15, 0.2) is 18.3 Å². The monoisotopic (exact) mass is 143 g/mol. The number of aryl methyl sites for hydroxylation is 1. The smallest absolute Gasteiger partial charge is 0 e. The molecule has 1 heterocycles. The molecule has 0 bridgehead atoms. The Hall–Kier alpha value is -0.266. The summed E-state index contributed by atoms with van der Waals surface area (Å²) in [5, 5.41) is 0. The van der Waals surface area contributed by atoms with Crippen LogP contribution in [0.2, 0.25) is 0 Å². The number of aromatic nitrogens is 1. The Morgan fingerprint density at radius 1 is 1.62 bits per heavy atom. The fourth-order valence-corrected chi connectivity index (χ4v) is 0.404. The molecule has 41 valence electrons. The molecule has 1 rings (SSSR count). The maximum absolute atomic E-state index is 3.92. The van der Waals surface area contributed by atoms with Gasteiger partial charge in [0.15, 0.2) is 0 Å². The molecule has 1 nitrogen and oxygen atoms in total. The van der Waals surface area contributed by atoms with Crippen LogP contribution in [0.1, 0.15) is 5.69 Å². The van der Waals surface area contributed by atoms with Crippen molar-refractivity contribution in [3.05, 3.63) is 30.1 Å². The van der Waals surface area contributed by atoms with Crippen LogP contribution >= 0.6 is 0 Å². The molecule has 0 atom stereocenters. The summed E-state index contributed by atoms with van der Waals surface area (Å²) in [5.41, 5.74) is 0.947. The molecule has 1 radical (unpaired) electrons. The second kappa shape index (κ2) is 3.70. The van der Waals surface area contributed by atoms with E-state index in [1.165, 1.54) is 0 Å². The summed E-state index contributed by atoms with van der Waals surface area (Å²) >= 11 is 0. The average Bonchev–Trinajstić information content (AvgIpc) is 1.69. The molecule has 0 aromatic carbocycles. The van der Waals surface area contributed by atoms with Crippen LogP contribution in [-0.4, -0.2) is 4.98 Å². The van der Waals surface area contributed by atoms with Gasteiger partial charge in [0, 0.05) is 18.6 Å². The van der Waals surface area contributed by atoms with Crippen molar-refractivity contribution >= 4 is 0 Å². The van der Waals surface area contributed by atoms with E-state index < -0.39 is 0 Å². The summed E-state index contributed by atoms with van der Waals surface area (Å²) in [4.78, 5) is 3.92. The van der Waals surface area contributed by atoms with Gasteiger partial charge >= 0.3 is 0 Å². The Balaban J connectivity index is 0.000000490. The van der Waals surface area contributed by atoms with E-state index >= 15 is 0 Å². The zero-order valence-corrected chi connectivity index (χ0v) is 6.02. The minimum atomic E-state index is 0. The predicted octanol–water partition coefficient (Wildman–Crippen LogP) is 1.19. The van der Waals surface area contributed by atoms with Gasteiger partial charge in [-0.05, 0) is 6.92 Å². The van der Waals surface area contributed by atoms with Crippen LogP contribution in [0.25, 0.3) is 0 Å². The van der Waals surface area contributed by atoms with Gasteiger partial charge in [-0.3, -0.25) is 0 Å². The Morgan fingerprint density at radius 2 is 2.38 bits per heavy atom. The van der Waals surface area contributed by atoms with Crippen molar-refractivity contribution in [3.63, 3.8) is 0 Å². The first-order valence-electron chi connectivity index (χ1n) is 2.19. The minimum absolute atomic E-state index is 0. The van der Waals surface area contributed by atoms with E-state index in [0.29, 0.717) is 0 Å². The first-order valence-corrected chi connectivity index (χ1v) is 2.19. The standard InChI is InChI=1S/C6H6N.V/c1-6-4-2-3-5-7-6;/h2-3,5H,1H3;/q-1;. The molecule has 0 N–H and O–H groups in total. The van der Waals surface area contributed by atoms with E-state index in [2.05, 4.69) is 11.1 Å². The summed E-state index contributed by atoms with van der Waals surface area (Å²) < 4.78 is 0. The van der Waals surface area contributed by atoms with Gasteiger partial charge in [0.05, 0.1) is 0 Å². The minimum Gasteiger partial charge on any atom is -0.301 e. The maximum Gasteiger partial charge on any atom is 0 e. The molecule has 0 saturated heterocycles. The van der Waals surface area contributed by atoms with Crippen molar-refractivity contribution in [3.8, 4) is 0 Å². The van der Waals surface area contributed by atoms with Crippen molar-refractivity contribution in [1.29, 1.82) is 0 Å². The van der Waals surface area contributed by atoms with Crippen molar-refractivity contribution in [2.75, 3.05) is 0 Å². The van der Waals surface area contributed by atoms with E-state index in [-0.39, 0.29) is 18.6 Å². The summed E-state index contributed by atoms with van der Waals surface area (Å²) in [6.07, 6.45) is 1.76. The summed E-state index contributed by atoms with van der Waals surface area (Å²) in [6, 6.07) is 6.62. The van der Waals surface area contributed by atoms with Crippen molar-refractivity contribution < 1.29 is 18.6 Å². The largest absolute Gasteiger partial charge is 0.301 e. The Kier molecular flexibility index (Phi) is 3.58. The van der Waals surface area contributed by atoms with Crippen LogP contribution in [0.5, 0.6) is 0 Å². The quantitative estimate of drug-likeness (QED) is 0.497. The molecule has 0 amide bonds. The van der Waals surface area contributed by atoms with Crippen LogP contribution in [0.3, 0.4) is 0 Å². The molecule has 1 aromatic rings. The second-order valence-electron chi connectivity index (χ2n) is 1.37. The molecule has 0 aliphatic rings. The summed E-state index contributed by atoms with van der Waals surface area (Å²) in [6.45, 7) is 1.92. The maximum atomic E-state index is 3.92. The molecule has 1 aromatic heterocycles. The van der Waals surface area contributed by atoms with Crippen LogP contribution < -0.4 is 0 Å². The molecule has 0 spiro atoms. The zero-order chi connectivity index (χ0) is 5.11. The van der Waals surface area contributed by atoms with E-state index in [4.69, 9.17) is 0 Å². The van der Waals surface area contributed by atoms with Gasteiger partial charge < -0.3 is 4.98 Å². The van der Waals surface area contributed by atoms with Crippen molar-refractivity contribution in [2.24, 2.45) is 0 Å². The topological polar surface area (TPSA) is 12.9 Å². The van der Waals surface area contributed by atoms with E-state index in [0.717, 1.165) is 5.69 Å². The number of hydrogen-bond acceptors (Lipinski definition) is 1. The van der Waals surface area contributed by atoms with Gasteiger partial charge in [0.2, 0.25) is 0 Å². The molecule has 0 unspecified atom stereocenters. The van der Waals surface area contributed by atoms with Gasteiger partial charge in [-0.1, -0.05) is 11.9 Å². The van der Waals surface area contributed by atoms with Crippen molar-refractivity contribution in [2.45, 2.75) is 6.92 Å². The van der Waals surface area contributed by atoms with Gasteiger partial charge in [-0.25, -0.2) is 12.1 Å². The number of hydrogen-bond donors (Lipinski definition) is 0. The van der Waals surface area contributed by atoms with E-state index in [1.54, 1.807) is 6.20 Å². The molecule has 8 heavy (non-hydrogen) atoms. The van der Waals surface area contributed by atoms with Crippen LogP contribution in [0.4, 0.5) is 0 Å². The molecule has 0 fully saturated rings. The third kappa shape index (κ3) is 2.15. The van der Waals surface area contributed by atoms with Gasteiger partial charge in [0.25, 0.3) is 0 Å². The van der Waals surface area contributed by atoms with Gasteiger partial charge in [-0.2, -0.15) is 6.07 Å². The summed E-state index contributed by atoms with van der Waals surface area (Å²) in [5.74, 6) is 0. The Bertz CT molecular complexity index is 138. The summed E-state index contributed by atoms with van der Waals surface area (Å²) in [7, 11) is 0. The number of rotatable bonds is 0. The third-order valence-corrected chi connectivity index (χ3v) is 0.743. The normalized spacial score (nSPS) is 7.62. The molecule has 0 aliphatic heterocycles. The Labute approximate surface area is 61.0 Å². The number of nitrogens with zero attached hydrogens (tertiary/aromatic N) is 1. The first-order chi connectivity index (χ1) is 3.39. The molecule has 2 heteroatoms. The van der Waals surface area contributed by atoms with Gasteiger partial charge in [0.1, 0.15) is 0 Å². The van der Waals surface area contributed by atoms with Crippen LogP contribution in [-0.2, 0) is 18.6 Å². The predicted molar refractivity (Wildman–Crippen MR) is 27.8 cm³/mol. The third-order valence-electron chi connectivity index (χ3n) is 0.743.